The van der Waals surface area contributed by atoms with Crippen LogP contribution in [-0.2, 0) is 9.47 Å². The molecule has 2 amide bonds. The zero-order chi connectivity index (χ0) is 14.8. The van der Waals surface area contributed by atoms with E-state index in [-0.39, 0.29) is 24.5 Å². The number of amides is 2. The van der Waals surface area contributed by atoms with E-state index < -0.39 is 12.1 Å². The molecule has 3 aliphatic rings. The molecule has 3 heterocycles. The Morgan fingerprint density at radius 2 is 2.10 bits per heavy atom. The number of nitrogens with zero attached hydrogens (tertiary/aromatic N) is 1. The predicted octanol–water partition coefficient (Wildman–Crippen LogP) is -0.355. The first kappa shape index (κ1) is 15.0. The SMILES string of the molecule is CCNC(=O)N[C@H]1[C@H](O)[C@@H](N2CCCCC2)[C@@H]2OC[C@H]1O2. The molecule has 3 aliphatic heterocycles. The number of nitrogens with one attached hydrogen (secondary N) is 2. The van der Waals surface area contributed by atoms with Gasteiger partial charge in [0.05, 0.1) is 24.8 Å². The van der Waals surface area contributed by atoms with Crippen LogP contribution >= 0.6 is 0 Å². The Kier molecular flexibility index (Phi) is 4.63. The smallest absolute Gasteiger partial charge is 0.315 e. The average Bonchev–Trinajstić information content (AvgIpc) is 2.91. The highest BCUT2D eigenvalue weighted by atomic mass is 16.7. The second-order valence-corrected chi connectivity index (χ2v) is 5.98. The molecular weight excluding hydrogens is 274 g/mol. The van der Waals surface area contributed by atoms with E-state index >= 15 is 0 Å². The molecule has 0 radical (unpaired) electrons. The van der Waals surface area contributed by atoms with Crippen molar-refractivity contribution in [3.63, 3.8) is 0 Å². The lowest BCUT2D eigenvalue weighted by Crippen LogP contribution is -2.66. The first-order valence-electron chi connectivity index (χ1n) is 7.94. The third kappa shape index (κ3) is 3.01. The molecule has 3 fully saturated rings. The minimum absolute atomic E-state index is 0.198. The van der Waals surface area contributed by atoms with Gasteiger partial charge < -0.3 is 25.2 Å². The summed E-state index contributed by atoms with van der Waals surface area (Å²) in [6.07, 6.45) is 2.18. The number of urea groups is 1. The van der Waals surface area contributed by atoms with Crippen molar-refractivity contribution in [3.8, 4) is 0 Å². The summed E-state index contributed by atoms with van der Waals surface area (Å²) in [5, 5.41) is 16.3. The maximum absolute atomic E-state index is 11.8. The van der Waals surface area contributed by atoms with E-state index in [2.05, 4.69) is 15.5 Å². The van der Waals surface area contributed by atoms with E-state index in [1.54, 1.807) is 0 Å². The van der Waals surface area contributed by atoms with Gasteiger partial charge in [-0.15, -0.1) is 0 Å². The van der Waals surface area contributed by atoms with Crippen LogP contribution in [0.25, 0.3) is 0 Å². The zero-order valence-corrected chi connectivity index (χ0v) is 12.5. The fraction of sp³-hybridized carbons (Fsp3) is 0.929. The fourth-order valence-corrected chi connectivity index (χ4v) is 3.55. The van der Waals surface area contributed by atoms with Crippen molar-refractivity contribution in [2.75, 3.05) is 26.2 Å². The lowest BCUT2D eigenvalue weighted by atomic mass is 9.93. The number of likely N-dealkylation sites (tertiary alicyclic amines) is 1. The van der Waals surface area contributed by atoms with E-state index in [0.29, 0.717) is 13.2 Å². The van der Waals surface area contributed by atoms with Crippen LogP contribution in [0.15, 0.2) is 0 Å². The van der Waals surface area contributed by atoms with Crippen LogP contribution in [0.3, 0.4) is 0 Å². The molecular formula is C14H25N3O4. The highest BCUT2D eigenvalue weighted by Gasteiger charge is 2.52. The molecule has 0 aliphatic carbocycles. The Morgan fingerprint density at radius 3 is 2.81 bits per heavy atom. The lowest BCUT2D eigenvalue weighted by Gasteiger charge is -2.45. The molecule has 7 heteroatoms. The molecule has 2 bridgehead atoms. The number of aliphatic hydroxyl groups is 1. The third-order valence-electron chi connectivity index (χ3n) is 4.58. The summed E-state index contributed by atoms with van der Waals surface area (Å²) in [6.45, 7) is 4.73. The van der Waals surface area contributed by atoms with E-state index in [0.717, 1.165) is 25.9 Å². The van der Waals surface area contributed by atoms with Crippen molar-refractivity contribution in [2.24, 2.45) is 0 Å². The van der Waals surface area contributed by atoms with Gasteiger partial charge in [-0.05, 0) is 32.9 Å². The standard InChI is InChI=1S/C14H25N3O4/c1-2-15-14(19)16-10-9-8-20-13(21-9)11(12(10)18)17-6-4-3-5-7-17/h9-13,18H,2-8H2,1H3,(H2,15,16,19)/t9-,10-,11-,12+,13-/m1/s1. The van der Waals surface area contributed by atoms with Crippen LogP contribution in [0.2, 0.25) is 0 Å². The molecule has 3 saturated heterocycles. The number of carbonyl (C=O) groups excluding carboxylic acids is 1. The Morgan fingerprint density at radius 1 is 1.33 bits per heavy atom. The number of piperidine rings is 1. The summed E-state index contributed by atoms with van der Waals surface area (Å²) in [5.41, 5.74) is 0. The van der Waals surface area contributed by atoms with Crippen molar-refractivity contribution in [3.05, 3.63) is 0 Å². The first-order chi connectivity index (χ1) is 10.2. The van der Waals surface area contributed by atoms with Gasteiger partial charge in [-0.1, -0.05) is 6.42 Å². The number of carbonyl (C=O) groups is 1. The molecule has 0 unspecified atom stereocenters. The molecule has 0 aromatic rings. The number of aliphatic hydroxyl groups excluding tert-OH is 1. The molecule has 0 saturated carbocycles. The van der Waals surface area contributed by atoms with Gasteiger partial charge in [0.2, 0.25) is 0 Å². The van der Waals surface area contributed by atoms with Crippen molar-refractivity contribution in [1.29, 1.82) is 0 Å². The van der Waals surface area contributed by atoms with Gasteiger partial charge in [-0.2, -0.15) is 0 Å². The second-order valence-electron chi connectivity index (χ2n) is 5.98. The van der Waals surface area contributed by atoms with Crippen LogP contribution < -0.4 is 10.6 Å². The average molecular weight is 299 g/mol. The van der Waals surface area contributed by atoms with Gasteiger partial charge in [-0.25, -0.2) is 4.79 Å². The van der Waals surface area contributed by atoms with Crippen LogP contribution in [0.5, 0.6) is 0 Å². The van der Waals surface area contributed by atoms with Gasteiger partial charge in [0.1, 0.15) is 6.10 Å². The Hall–Kier alpha value is -0.890. The van der Waals surface area contributed by atoms with Crippen LogP contribution in [-0.4, -0.2) is 72.9 Å². The second kappa shape index (κ2) is 6.48. The molecule has 120 valence electrons. The fourth-order valence-electron chi connectivity index (χ4n) is 3.55. The molecule has 0 spiro atoms. The maximum Gasteiger partial charge on any atom is 0.315 e. The summed E-state index contributed by atoms with van der Waals surface area (Å²) in [5.74, 6) is 0. The monoisotopic (exact) mass is 299 g/mol. The molecule has 3 N–H and O–H groups in total. The molecule has 21 heavy (non-hydrogen) atoms. The Bertz CT molecular complexity index is 375. The van der Waals surface area contributed by atoms with Gasteiger partial charge in [0.15, 0.2) is 6.29 Å². The summed E-state index contributed by atoms with van der Waals surface area (Å²) in [7, 11) is 0. The minimum Gasteiger partial charge on any atom is -0.389 e. The summed E-state index contributed by atoms with van der Waals surface area (Å²) in [4.78, 5) is 14.0. The van der Waals surface area contributed by atoms with E-state index in [1.165, 1.54) is 6.42 Å². The van der Waals surface area contributed by atoms with Crippen molar-refractivity contribution in [1.82, 2.24) is 15.5 Å². The van der Waals surface area contributed by atoms with Crippen LogP contribution in [0.1, 0.15) is 26.2 Å². The van der Waals surface area contributed by atoms with Crippen molar-refractivity contribution in [2.45, 2.75) is 56.8 Å². The molecule has 0 aromatic carbocycles. The van der Waals surface area contributed by atoms with Gasteiger partial charge in [0, 0.05) is 6.54 Å². The minimum atomic E-state index is -0.669. The summed E-state index contributed by atoms with van der Waals surface area (Å²) in [6, 6.07) is -0.897. The maximum atomic E-state index is 11.8. The number of ether oxygens (including phenoxy) is 2. The van der Waals surface area contributed by atoms with Crippen LogP contribution in [0, 0.1) is 0 Å². The number of rotatable bonds is 3. The van der Waals surface area contributed by atoms with Gasteiger partial charge >= 0.3 is 6.03 Å². The Balaban J connectivity index is 1.70. The van der Waals surface area contributed by atoms with Crippen molar-refractivity contribution < 1.29 is 19.4 Å². The number of hydrogen-bond donors (Lipinski definition) is 3. The van der Waals surface area contributed by atoms with Crippen LogP contribution in [0.4, 0.5) is 4.79 Å². The zero-order valence-electron chi connectivity index (χ0n) is 12.5. The van der Waals surface area contributed by atoms with E-state index in [1.807, 2.05) is 6.92 Å². The van der Waals surface area contributed by atoms with E-state index in [4.69, 9.17) is 9.47 Å². The predicted molar refractivity (Wildman–Crippen MR) is 75.8 cm³/mol. The lowest BCUT2D eigenvalue weighted by molar-refractivity contribution is -0.183. The van der Waals surface area contributed by atoms with E-state index in [9.17, 15) is 9.90 Å². The Labute approximate surface area is 125 Å². The first-order valence-corrected chi connectivity index (χ1v) is 7.94. The number of fused-ring (bicyclic) bond motifs is 2. The topological polar surface area (TPSA) is 83.1 Å². The molecule has 5 atom stereocenters. The van der Waals surface area contributed by atoms with Gasteiger partial charge in [-0.3, -0.25) is 4.90 Å². The highest BCUT2D eigenvalue weighted by Crippen LogP contribution is 2.32. The molecule has 7 nitrogen and oxygen atoms in total. The highest BCUT2D eigenvalue weighted by molar-refractivity contribution is 5.74. The quantitative estimate of drug-likeness (QED) is 0.663. The van der Waals surface area contributed by atoms with Crippen molar-refractivity contribution >= 4 is 6.03 Å². The normalized spacial score (nSPS) is 40.0. The van der Waals surface area contributed by atoms with Gasteiger partial charge in [0.25, 0.3) is 0 Å². The number of hydrogen-bond acceptors (Lipinski definition) is 5. The third-order valence-corrected chi connectivity index (χ3v) is 4.58. The molecule has 3 rings (SSSR count). The summed E-state index contributed by atoms with van der Waals surface area (Å²) >= 11 is 0. The molecule has 0 aromatic heterocycles. The largest absolute Gasteiger partial charge is 0.389 e. The summed E-state index contributed by atoms with van der Waals surface area (Å²) < 4.78 is 11.5.